The minimum Gasteiger partial charge on any atom is -0.247 e. The minimum atomic E-state index is -0.472. The molecule has 0 amide bonds. The molecule has 0 N–H and O–H groups in total. The lowest BCUT2D eigenvalue weighted by molar-refractivity contribution is 0.131. The van der Waals surface area contributed by atoms with E-state index >= 15 is 0 Å². The molecule has 2 unspecified atom stereocenters. The van der Waals surface area contributed by atoms with Gasteiger partial charge >= 0.3 is 0 Å². The Bertz CT molecular complexity index is 149. The summed E-state index contributed by atoms with van der Waals surface area (Å²) < 4.78 is 13.2. The molecule has 0 heterocycles. The molecule has 2 atom stereocenters. The normalized spacial score (nSPS) is 37.6. The van der Waals surface area contributed by atoms with Gasteiger partial charge in [0.1, 0.15) is 6.17 Å². The lowest BCUT2D eigenvalue weighted by atomic mass is 9.73. The Balaban J connectivity index is 1.83. The Morgan fingerprint density at radius 1 is 0.692 bits per heavy atom. The molecule has 76 valence electrons. The Morgan fingerprint density at radius 3 is 2.08 bits per heavy atom. The van der Waals surface area contributed by atoms with Gasteiger partial charge in [-0.3, -0.25) is 0 Å². The molecule has 2 saturated carbocycles. The van der Waals surface area contributed by atoms with E-state index in [2.05, 4.69) is 0 Å². The zero-order chi connectivity index (χ0) is 9.10. The summed E-state index contributed by atoms with van der Waals surface area (Å²) in [7, 11) is 0. The predicted octanol–water partition coefficient (Wildman–Crippen LogP) is 4.10. The summed E-state index contributed by atoms with van der Waals surface area (Å²) >= 11 is 0. The molecule has 0 radical (unpaired) electrons. The first-order chi connectivity index (χ1) is 6.36. The Labute approximate surface area is 80.9 Å². The molecule has 0 aromatic carbocycles. The second kappa shape index (κ2) is 4.43. The summed E-state index contributed by atoms with van der Waals surface area (Å²) in [6.45, 7) is 0. The van der Waals surface area contributed by atoms with Crippen molar-refractivity contribution in [3.63, 3.8) is 0 Å². The van der Waals surface area contributed by atoms with E-state index in [-0.39, 0.29) is 0 Å². The van der Waals surface area contributed by atoms with E-state index in [9.17, 15) is 4.39 Å². The number of halogens is 1. The average Bonchev–Trinajstić information content (AvgIpc) is 2.19. The van der Waals surface area contributed by atoms with Crippen LogP contribution in [0, 0.1) is 11.8 Å². The summed E-state index contributed by atoms with van der Waals surface area (Å²) in [5, 5.41) is 0. The second-order valence-electron chi connectivity index (χ2n) is 4.92. The summed E-state index contributed by atoms with van der Waals surface area (Å²) in [6.07, 6.45) is 10.7. The van der Waals surface area contributed by atoms with Gasteiger partial charge in [-0.2, -0.15) is 0 Å². The van der Waals surface area contributed by atoms with Gasteiger partial charge in [0.25, 0.3) is 0 Å². The van der Waals surface area contributed by atoms with Crippen LogP contribution in [0.5, 0.6) is 0 Å². The van der Waals surface area contributed by atoms with Crippen LogP contribution in [0.15, 0.2) is 0 Å². The van der Waals surface area contributed by atoms with E-state index in [0.29, 0.717) is 0 Å². The monoisotopic (exact) mass is 184 g/mol. The molecule has 2 rings (SSSR count). The molecule has 2 aliphatic carbocycles. The van der Waals surface area contributed by atoms with Crippen LogP contribution in [0.4, 0.5) is 4.39 Å². The molecule has 2 fully saturated rings. The van der Waals surface area contributed by atoms with Gasteiger partial charge in [-0.1, -0.05) is 38.5 Å². The smallest absolute Gasteiger partial charge is 0.100 e. The fourth-order valence-electron chi connectivity index (χ4n) is 3.20. The van der Waals surface area contributed by atoms with Crippen LogP contribution >= 0.6 is 0 Å². The van der Waals surface area contributed by atoms with Gasteiger partial charge in [-0.25, -0.2) is 4.39 Å². The van der Waals surface area contributed by atoms with Crippen molar-refractivity contribution in [2.45, 2.75) is 64.0 Å². The minimum absolute atomic E-state index is 0.472. The van der Waals surface area contributed by atoms with Crippen molar-refractivity contribution in [3.8, 4) is 0 Å². The summed E-state index contributed by atoms with van der Waals surface area (Å²) in [6, 6.07) is 0. The number of alkyl halides is 1. The highest BCUT2D eigenvalue weighted by Crippen LogP contribution is 2.38. The van der Waals surface area contributed by atoms with E-state index in [1.807, 2.05) is 0 Å². The lowest BCUT2D eigenvalue weighted by Crippen LogP contribution is -2.25. The van der Waals surface area contributed by atoms with Crippen molar-refractivity contribution in [1.29, 1.82) is 0 Å². The first kappa shape index (κ1) is 9.48. The van der Waals surface area contributed by atoms with Crippen LogP contribution < -0.4 is 0 Å². The molecule has 0 aromatic heterocycles. The third-order valence-electron chi connectivity index (χ3n) is 3.97. The molecular weight excluding hydrogens is 163 g/mol. The number of hydrogen-bond acceptors (Lipinski definition) is 0. The van der Waals surface area contributed by atoms with Crippen LogP contribution in [-0.2, 0) is 0 Å². The highest BCUT2D eigenvalue weighted by atomic mass is 19.1. The molecule has 0 aromatic rings. The first-order valence-corrected chi connectivity index (χ1v) is 6.00. The van der Waals surface area contributed by atoms with Crippen LogP contribution in [0.2, 0.25) is 0 Å². The predicted molar refractivity (Wildman–Crippen MR) is 53.4 cm³/mol. The molecule has 13 heavy (non-hydrogen) atoms. The zero-order valence-corrected chi connectivity index (χ0v) is 8.47. The van der Waals surface area contributed by atoms with Crippen molar-refractivity contribution in [2.75, 3.05) is 0 Å². The van der Waals surface area contributed by atoms with Gasteiger partial charge in [-0.05, 0) is 31.1 Å². The maximum atomic E-state index is 13.2. The summed E-state index contributed by atoms with van der Waals surface area (Å²) in [5.41, 5.74) is 0. The lowest BCUT2D eigenvalue weighted by Gasteiger charge is -2.34. The van der Waals surface area contributed by atoms with Gasteiger partial charge in [0.2, 0.25) is 0 Å². The molecule has 0 spiro atoms. The topological polar surface area (TPSA) is 0 Å². The Hall–Kier alpha value is -0.0700. The number of rotatable bonds is 1. The van der Waals surface area contributed by atoms with Gasteiger partial charge in [0.15, 0.2) is 0 Å². The van der Waals surface area contributed by atoms with E-state index in [4.69, 9.17) is 0 Å². The fraction of sp³-hybridized carbons (Fsp3) is 1.00. The van der Waals surface area contributed by atoms with Crippen molar-refractivity contribution in [1.82, 2.24) is 0 Å². The fourth-order valence-corrected chi connectivity index (χ4v) is 3.20. The molecule has 1 heteroatoms. The Kier molecular flexibility index (Phi) is 3.23. The van der Waals surface area contributed by atoms with Crippen molar-refractivity contribution >= 4 is 0 Å². The molecular formula is C12H21F. The molecule has 0 aliphatic heterocycles. The van der Waals surface area contributed by atoms with Crippen LogP contribution in [0.3, 0.4) is 0 Å². The second-order valence-corrected chi connectivity index (χ2v) is 4.92. The highest BCUT2D eigenvalue weighted by molar-refractivity contribution is 4.80. The molecule has 0 saturated heterocycles. The van der Waals surface area contributed by atoms with E-state index in [1.165, 1.54) is 38.5 Å². The summed E-state index contributed by atoms with van der Waals surface area (Å²) in [4.78, 5) is 0. The largest absolute Gasteiger partial charge is 0.247 e. The third kappa shape index (κ3) is 2.45. The van der Waals surface area contributed by atoms with Gasteiger partial charge in [0, 0.05) is 0 Å². The Morgan fingerprint density at radius 2 is 1.38 bits per heavy atom. The van der Waals surface area contributed by atoms with E-state index in [0.717, 1.165) is 31.1 Å². The quantitative estimate of drug-likeness (QED) is 0.575. The van der Waals surface area contributed by atoms with Crippen LogP contribution in [0.25, 0.3) is 0 Å². The van der Waals surface area contributed by atoms with E-state index < -0.39 is 6.17 Å². The van der Waals surface area contributed by atoms with Crippen molar-refractivity contribution in [2.24, 2.45) is 11.8 Å². The van der Waals surface area contributed by atoms with Gasteiger partial charge < -0.3 is 0 Å². The maximum absolute atomic E-state index is 13.2. The van der Waals surface area contributed by atoms with Crippen LogP contribution in [0.1, 0.15) is 57.8 Å². The molecule has 0 nitrogen and oxygen atoms in total. The van der Waals surface area contributed by atoms with Gasteiger partial charge in [-0.15, -0.1) is 0 Å². The standard InChI is InChI=1S/C12H21F/c13-12-8-4-7-11(9-12)10-5-2-1-3-6-10/h10-12H,1-9H2. The third-order valence-corrected chi connectivity index (χ3v) is 3.97. The molecule has 2 aliphatic rings. The first-order valence-electron chi connectivity index (χ1n) is 6.00. The summed E-state index contributed by atoms with van der Waals surface area (Å²) in [5.74, 6) is 1.62. The SMILES string of the molecule is FC1CCCC(C2CCCCC2)C1. The maximum Gasteiger partial charge on any atom is 0.100 e. The highest BCUT2D eigenvalue weighted by Gasteiger charge is 2.28. The van der Waals surface area contributed by atoms with Crippen molar-refractivity contribution in [3.05, 3.63) is 0 Å². The molecule has 0 bridgehead atoms. The zero-order valence-electron chi connectivity index (χ0n) is 8.47. The van der Waals surface area contributed by atoms with Crippen LogP contribution in [-0.4, -0.2) is 6.17 Å². The number of hydrogen-bond donors (Lipinski definition) is 0. The van der Waals surface area contributed by atoms with E-state index in [1.54, 1.807) is 0 Å². The average molecular weight is 184 g/mol. The van der Waals surface area contributed by atoms with Crippen molar-refractivity contribution < 1.29 is 4.39 Å². The van der Waals surface area contributed by atoms with Gasteiger partial charge in [0.05, 0.1) is 0 Å².